The number of hydrogen-bond donors (Lipinski definition) is 2. The fraction of sp³-hybridized carbons (Fsp3) is 0.414. The second-order valence-corrected chi connectivity index (χ2v) is 10.3. The number of carboxylic acid groups (broad SMARTS) is 1. The van der Waals surface area contributed by atoms with Crippen LogP contribution in [-0.4, -0.2) is 35.4 Å². The van der Waals surface area contributed by atoms with E-state index in [4.69, 9.17) is 9.26 Å². The lowest BCUT2D eigenvalue weighted by Gasteiger charge is -2.37. The minimum atomic E-state index is -0.675. The maximum atomic E-state index is 12.6. The van der Waals surface area contributed by atoms with Crippen LogP contribution >= 0.6 is 0 Å². The summed E-state index contributed by atoms with van der Waals surface area (Å²) >= 11 is 0. The van der Waals surface area contributed by atoms with Gasteiger partial charge >= 0.3 is 12.1 Å². The van der Waals surface area contributed by atoms with Crippen LogP contribution in [0.5, 0.6) is 0 Å². The normalized spacial score (nSPS) is 17.7. The summed E-state index contributed by atoms with van der Waals surface area (Å²) in [6, 6.07) is 17.6. The third-order valence-corrected chi connectivity index (χ3v) is 7.89. The maximum Gasteiger partial charge on any atom is 0.412 e. The molecule has 2 aliphatic rings. The quantitative estimate of drug-likeness (QED) is 0.365. The van der Waals surface area contributed by atoms with E-state index in [1.165, 1.54) is 0 Å². The van der Waals surface area contributed by atoms with E-state index in [1.807, 2.05) is 49.4 Å². The molecular weight excluding hydrogens is 470 g/mol. The Morgan fingerprint density at radius 3 is 2.43 bits per heavy atom. The number of rotatable bonds is 8. The zero-order chi connectivity index (χ0) is 26.0. The van der Waals surface area contributed by atoms with Gasteiger partial charge in [0.05, 0.1) is 6.42 Å². The Kier molecular flexibility index (Phi) is 6.91. The largest absolute Gasteiger partial charge is 0.481 e. The molecule has 1 aliphatic heterocycles. The van der Waals surface area contributed by atoms with Gasteiger partial charge < -0.3 is 19.3 Å². The standard InChI is InChI=1S/C29H33N3O5/c1-19-26(30-28(35)36-20(2)21-6-4-3-5-7-21)27(37-31-19)22-8-10-24(11-9-22)32-16-12-23(13-17-32)29(14-15-29)18-25(33)34/h3-11,20,23H,12-18H2,1-2H3,(H,30,35)(H,33,34). The number of carboxylic acids is 1. The number of aryl methyl sites for hydroxylation is 1. The van der Waals surface area contributed by atoms with Gasteiger partial charge in [0.25, 0.3) is 0 Å². The summed E-state index contributed by atoms with van der Waals surface area (Å²) in [5, 5.41) is 16.1. The molecule has 8 heteroatoms. The molecule has 1 aliphatic carbocycles. The summed E-state index contributed by atoms with van der Waals surface area (Å²) in [6.45, 7) is 5.45. The van der Waals surface area contributed by atoms with E-state index in [-0.39, 0.29) is 5.41 Å². The van der Waals surface area contributed by atoms with Crippen molar-refractivity contribution in [1.82, 2.24) is 5.16 Å². The lowest BCUT2D eigenvalue weighted by atomic mass is 9.79. The molecule has 0 bridgehead atoms. The molecule has 8 nitrogen and oxygen atoms in total. The maximum absolute atomic E-state index is 12.6. The molecule has 2 N–H and O–H groups in total. The molecule has 1 amide bonds. The lowest BCUT2D eigenvalue weighted by molar-refractivity contribution is -0.139. The van der Waals surface area contributed by atoms with Crippen LogP contribution in [0, 0.1) is 18.3 Å². The third-order valence-electron chi connectivity index (χ3n) is 7.89. The minimum Gasteiger partial charge on any atom is -0.481 e. The molecule has 2 fully saturated rings. The average Bonchev–Trinajstić information content (AvgIpc) is 3.59. The summed E-state index contributed by atoms with van der Waals surface area (Å²) < 4.78 is 11.1. The number of hydrogen-bond acceptors (Lipinski definition) is 6. The first kappa shape index (κ1) is 24.9. The van der Waals surface area contributed by atoms with E-state index in [0.717, 1.165) is 55.6 Å². The second kappa shape index (κ2) is 10.3. The number of nitrogens with zero attached hydrogens (tertiary/aromatic N) is 2. The van der Waals surface area contributed by atoms with Crippen molar-refractivity contribution in [3.05, 3.63) is 65.9 Å². The topological polar surface area (TPSA) is 105 Å². The van der Waals surface area contributed by atoms with Crippen LogP contribution in [0.2, 0.25) is 0 Å². The molecule has 1 saturated heterocycles. The van der Waals surface area contributed by atoms with Crippen LogP contribution in [0.3, 0.4) is 0 Å². The zero-order valence-corrected chi connectivity index (χ0v) is 21.3. The van der Waals surface area contributed by atoms with Crippen LogP contribution in [0.1, 0.15) is 56.4 Å². The highest BCUT2D eigenvalue weighted by molar-refractivity contribution is 5.91. The first-order valence-corrected chi connectivity index (χ1v) is 12.9. The zero-order valence-electron chi connectivity index (χ0n) is 21.3. The summed E-state index contributed by atoms with van der Waals surface area (Å²) in [4.78, 5) is 26.2. The Morgan fingerprint density at radius 1 is 1.14 bits per heavy atom. The number of aliphatic carboxylic acids is 1. The summed E-state index contributed by atoms with van der Waals surface area (Å²) in [5.74, 6) is 0.303. The number of carbonyl (C=O) groups excluding carboxylic acids is 1. The minimum absolute atomic E-state index is 0.0371. The number of aromatic nitrogens is 1. The molecule has 1 atom stereocenters. The van der Waals surface area contributed by atoms with Crippen LogP contribution < -0.4 is 10.2 Å². The van der Waals surface area contributed by atoms with Gasteiger partial charge in [-0.25, -0.2) is 4.79 Å². The summed E-state index contributed by atoms with van der Waals surface area (Å²) in [7, 11) is 0. The van der Waals surface area contributed by atoms with Crippen LogP contribution in [0.4, 0.5) is 16.2 Å². The van der Waals surface area contributed by atoms with E-state index in [9.17, 15) is 14.7 Å². The molecule has 3 aromatic rings. The van der Waals surface area contributed by atoms with Gasteiger partial charge in [0.2, 0.25) is 0 Å². The fourth-order valence-electron chi connectivity index (χ4n) is 5.56. The Morgan fingerprint density at radius 2 is 1.81 bits per heavy atom. The number of carbonyl (C=O) groups is 2. The van der Waals surface area contributed by atoms with Crippen molar-refractivity contribution in [3.63, 3.8) is 0 Å². The van der Waals surface area contributed by atoms with Crippen molar-refractivity contribution in [2.45, 2.75) is 52.1 Å². The molecule has 1 saturated carbocycles. The number of anilines is 2. The van der Waals surface area contributed by atoms with E-state index in [0.29, 0.717) is 29.5 Å². The molecule has 1 aromatic heterocycles. The van der Waals surface area contributed by atoms with E-state index in [2.05, 4.69) is 27.5 Å². The van der Waals surface area contributed by atoms with Gasteiger partial charge in [0, 0.05) is 24.3 Å². The van der Waals surface area contributed by atoms with E-state index >= 15 is 0 Å². The van der Waals surface area contributed by atoms with Gasteiger partial charge in [-0.2, -0.15) is 0 Å². The number of amides is 1. The first-order valence-electron chi connectivity index (χ1n) is 12.9. The highest BCUT2D eigenvalue weighted by Crippen LogP contribution is 2.57. The Balaban J connectivity index is 1.21. The molecule has 37 heavy (non-hydrogen) atoms. The van der Waals surface area contributed by atoms with Gasteiger partial charge in [0.15, 0.2) is 5.76 Å². The molecule has 2 aromatic carbocycles. The van der Waals surface area contributed by atoms with Crippen LogP contribution in [0.15, 0.2) is 59.1 Å². The number of benzene rings is 2. The van der Waals surface area contributed by atoms with Crippen molar-refractivity contribution >= 4 is 23.4 Å². The average molecular weight is 504 g/mol. The number of nitrogens with one attached hydrogen (secondary N) is 1. The molecule has 0 radical (unpaired) electrons. The smallest absolute Gasteiger partial charge is 0.412 e. The third kappa shape index (κ3) is 5.48. The lowest BCUT2D eigenvalue weighted by Crippen LogP contribution is -2.37. The van der Waals surface area contributed by atoms with Crippen molar-refractivity contribution in [1.29, 1.82) is 0 Å². The molecule has 1 unspecified atom stereocenters. The Bertz CT molecular complexity index is 1240. The Hall–Kier alpha value is -3.81. The fourth-order valence-corrected chi connectivity index (χ4v) is 5.56. The van der Waals surface area contributed by atoms with Crippen molar-refractivity contribution in [2.24, 2.45) is 11.3 Å². The predicted octanol–water partition coefficient (Wildman–Crippen LogP) is 6.43. The van der Waals surface area contributed by atoms with Gasteiger partial charge in [-0.1, -0.05) is 35.5 Å². The molecule has 0 spiro atoms. The molecule has 5 rings (SSSR count). The first-order chi connectivity index (χ1) is 17.8. The summed E-state index contributed by atoms with van der Waals surface area (Å²) in [5.41, 5.74) is 3.94. The Labute approximate surface area is 216 Å². The summed E-state index contributed by atoms with van der Waals surface area (Å²) in [6.07, 6.45) is 3.47. The highest BCUT2D eigenvalue weighted by Gasteiger charge is 2.50. The van der Waals surface area contributed by atoms with E-state index < -0.39 is 18.2 Å². The predicted molar refractivity (Wildman–Crippen MR) is 140 cm³/mol. The van der Waals surface area contributed by atoms with Crippen molar-refractivity contribution < 1.29 is 24.0 Å². The monoisotopic (exact) mass is 503 g/mol. The molecule has 2 heterocycles. The van der Waals surface area contributed by atoms with Crippen molar-refractivity contribution in [3.8, 4) is 11.3 Å². The van der Waals surface area contributed by atoms with Crippen LogP contribution in [0.25, 0.3) is 11.3 Å². The molecular formula is C29H33N3O5. The van der Waals surface area contributed by atoms with Crippen molar-refractivity contribution in [2.75, 3.05) is 23.3 Å². The SMILES string of the molecule is Cc1noc(-c2ccc(N3CCC(C4(CC(=O)O)CC4)CC3)cc2)c1NC(=O)OC(C)c1ccccc1. The van der Waals surface area contributed by atoms with Gasteiger partial charge in [-0.3, -0.25) is 10.1 Å². The second-order valence-electron chi connectivity index (χ2n) is 10.3. The highest BCUT2D eigenvalue weighted by atomic mass is 16.6. The van der Waals surface area contributed by atoms with Gasteiger partial charge in [0.1, 0.15) is 17.5 Å². The van der Waals surface area contributed by atoms with Gasteiger partial charge in [-0.05, 0) is 80.7 Å². The number of ether oxygens (including phenoxy) is 1. The van der Waals surface area contributed by atoms with E-state index in [1.54, 1.807) is 6.92 Å². The van der Waals surface area contributed by atoms with Gasteiger partial charge in [-0.15, -0.1) is 0 Å². The number of piperidine rings is 1. The van der Waals surface area contributed by atoms with Crippen LogP contribution in [-0.2, 0) is 9.53 Å². The molecule has 194 valence electrons.